The van der Waals surface area contributed by atoms with Crippen molar-refractivity contribution in [2.75, 3.05) is 20.6 Å². The lowest BCUT2D eigenvalue weighted by atomic mass is 9.86. The van der Waals surface area contributed by atoms with Crippen molar-refractivity contribution in [3.8, 4) is 0 Å². The van der Waals surface area contributed by atoms with Crippen molar-refractivity contribution >= 4 is 0 Å². The van der Waals surface area contributed by atoms with Gasteiger partial charge in [0.1, 0.15) is 0 Å². The Labute approximate surface area is 69.2 Å². The topological polar surface area (TPSA) is 24.7 Å². The molecule has 11 heavy (non-hydrogen) atoms. The van der Waals surface area contributed by atoms with Crippen LogP contribution in [0.1, 0.15) is 25.7 Å². The number of rotatable bonds is 2. The van der Waals surface area contributed by atoms with Gasteiger partial charge in [-0.1, -0.05) is 12.8 Å². The highest BCUT2D eigenvalue weighted by Crippen LogP contribution is 2.22. The number of hydrogen-bond acceptors (Lipinski definition) is 1. The Kier molecular flexibility index (Phi) is 3.34. The SMILES string of the molecule is C[NH+](C)C[C@@H]1CCCC[C@@H]1O. The summed E-state index contributed by atoms with van der Waals surface area (Å²) in [6, 6.07) is 0. The molecule has 1 aliphatic rings. The van der Waals surface area contributed by atoms with Crippen molar-refractivity contribution in [3.63, 3.8) is 0 Å². The Morgan fingerprint density at radius 1 is 1.27 bits per heavy atom. The minimum atomic E-state index is -0.0151. The van der Waals surface area contributed by atoms with Gasteiger partial charge in [-0.15, -0.1) is 0 Å². The van der Waals surface area contributed by atoms with Gasteiger partial charge in [0, 0.05) is 5.92 Å². The van der Waals surface area contributed by atoms with Gasteiger partial charge in [0.25, 0.3) is 0 Å². The van der Waals surface area contributed by atoms with Gasteiger partial charge in [0.15, 0.2) is 0 Å². The van der Waals surface area contributed by atoms with Crippen molar-refractivity contribution in [2.45, 2.75) is 31.8 Å². The molecule has 0 aromatic heterocycles. The first-order chi connectivity index (χ1) is 5.20. The van der Waals surface area contributed by atoms with Gasteiger partial charge in [-0.3, -0.25) is 0 Å². The first-order valence-corrected chi connectivity index (χ1v) is 4.67. The van der Waals surface area contributed by atoms with E-state index >= 15 is 0 Å². The summed E-state index contributed by atoms with van der Waals surface area (Å²) in [6.07, 6.45) is 4.78. The maximum absolute atomic E-state index is 9.60. The Morgan fingerprint density at radius 2 is 1.91 bits per heavy atom. The van der Waals surface area contributed by atoms with Crippen molar-refractivity contribution in [1.82, 2.24) is 0 Å². The Morgan fingerprint density at radius 3 is 2.45 bits per heavy atom. The van der Waals surface area contributed by atoms with Crippen LogP contribution in [0.15, 0.2) is 0 Å². The average molecular weight is 158 g/mol. The van der Waals surface area contributed by atoms with E-state index in [1.54, 1.807) is 0 Å². The first kappa shape index (κ1) is 9.01. The van der Waals surface area contributed by atoms with Gasteiger partial charge >= 0.3 is 0 Å². The second-order valence-corrected chi connectivity index (χ2v) is 4.02. The number of aliphatic hydroxyl groups is 1. The third-order valence-corrected chi connectivity index (χ3v) is 2.54. The maximum atomic E-state index is 9.60. The minimum Gasteiger partial charge on any atom is -0.393 e. The van der Waals surface area contributed by atoms with Crippen LogP contribution in [0.5, 0.6) is 0 Å². The molecule has 1 aliphatic carbocycles. The normalized spacial score (nSPS) is 32.7. The van der Waals surface area contributed by atoms with Gasteiger partial charge in [0.05, 0.1) is 26.7 Å². The molecule has 2 atom stereocenters. The van der Waals surface area contributed by atoms with Gasteiger partial charge in [0.2, 0.25) is 0 Å². The lowest BCUT2D eigenvalue weighted by molar-refractivity contribution is -0.862. The van der Waals surface area contributed by atoms with Crippen LogP contribution in [0.3, 0.4) is 0 Å². The Balaban J connectivity index is 2.29. The highest BCUT2D eigenvalue weighted by molar-refractivity contribution is 4.73. The predicted octanol–water partition coefficient (Wildman–Crippen LogP) is -0.318. The molecular weight excluding hydrogens is 138 g/mol. The average Bonchev–Trinajstić information content (AvgIpc) is 1.93. The summed E-state index contributed by atoms with van der Waals surface area (Å²) in [5.74, 6) is 0.564. The van der Waals surface area contributed by atoms with E-state index in [9.17, 15) is 5.11 Å². The number of nitrogens with one attached hydrogen (secondary N) is 1. The quantitative estimate of drug-likeness (QED) is 0.566. The van der Waals surface area contributed by atoms with Crippen molar-refractivity contribution < 1.29 is 10.0 Å². The molecule has 1 fully saturated rings. The monoisotopic (exact) mass is 158 g/mol. The van der Waals surface area contributed by atoms with Crippen LogP contribution < -0.4 is 4.90 Å². The van der Waals surface area contributed by atoms with E-state index in [-0.39, 0.29) is 6.10 Å². The van der Waals surface area contributed by atoms with Gasteiger partial charge in [-0.25, -0.2) is 0 Å². The smallest absolute Gasteiger partial charge is 0.0820 e. The van der Waals surface area contributed by atoms with Crippen LogP contribution >= 0.6 is 0 Å². The first-order valence-electron chi connectivity index (χ1n) is 4.67. The molecule has 0 amide bonds. The minimum absolute atomic E-state index is 0.0151. The molecule has 0 spiro atoms. The Bertz CT molecular complexity index is 114. The molecule has 0 saturated heterocycles. The van der Waals surface area contributed by atoms with E-state index < -0.39 is 0 Å². The number of aliphatic hydroxyl groups excluding tert-OH is 1. The zero-order valence-corrected chi connectivity index (χ0v) is 7.64. The molecule has 2 N–H and O–H groups in total. The standard InChI is InChI=1S/C9H19NO/c1-10(2)7-8-5-3-4-6-9(8)11/h8-9,11H,3-7H2,1-2H3/p+1/t8-,9-/m0/s1. The van der Waals surface area contributed by atoms with Crippen molar-refractivity contribution in [2.24, 2.45) is 5.92 Å². The second kappa shape index (κ2) is 4.07. The molecule has 1 rings (SSSR count). The third kappa shape index (κ3) is 2.80. The summed E-state index contributed by atoms with van der Waals surface area (Å²) in [4.78, 5) is 1.45. The molecule has 2 nitrogen and oxygen atoms in total. The van der Waals surface area contributed by atoms with Crippen molar-refractivity contribution in [1.29, 1.82) is 0 Å². The maximum Gasteiger partial charge on any atom is 0.0820 e. The van der Waals surface area contributed by atoms with Crippen LogP contribution in [-0.2, 0) is 0 Å². The van der Waals surface area contributed by atoms with Gasteiger partial charge in [-0.05, 0) is 12.8 Å². The largest absolute Gasteiger partial charge is 0.393 e. The summed E-state index contributed by atoms with van der Waals surface area (Å²) in [6.45, 7) is 1.13. The van der Waals surface area contributed by atoms with Gasteiger partial charge < -0.3 is 10.0 Å². The zero-order chi connectivity index (χ0) is 8.27. The lowest BCUT2D eigenvalue weighted by Gasteiger charge is -2.27. The number of quaternary nitrogens is 1. The predicted molar refractivity (Wildman–Crippen MR) is 45.6 cm³/mol. The van der Waals surface area contributed by atoms with E-state index in [4.69, 9.17) is 0 Å². The van der Waals surface area contributed by atoms with Gasteiger partial charge in [-0.2, -0.15) is 0 Å². The molecule has 0 unspecified atom stereocenters. The summed E-state index contributed by atoms with van der Waals surface area (Å²) in [7, 11) is 4.31. The van der Waals surface area contributed by atoms with E-state index in [1.807, 2.05) is 0 Å². The van der Waals surface area contributed by atoms with E-state index in [0.29, 0.717) is 5.92 Å². The molecule has 0 aliphatic heterocycles. The molecule has 0 aromatic rings. The van der Waals surface area contributed by atoms with Crippen LogP contribution in [-0.4, -0.2) is 31.9 Å². The molecule has 1 saturated carbocycles. The summed E-state index contributed by atoms with van der Waals surface area (Å²) in [5.41, 5.74) is 0. The highest BCUT2D eigenvalue weighted by atomic mass is 16.3. The lowest BCUT2D eigenvalue weighted by Crippen LogP contribution is -3.06. The Hall–Kier alpha value is -0.0800. The summed E-state index contributed by atoms with van der Waals surface area (Å²) in [5, 5.41) is 9.60. The number of hydrogen-bond donors (Lipinski definition) is 2. The van der Waals surface area contributed by atoms with E-state index in [1.165, 1.54) is 24.2 Å². The summed E-state index contributed by atoms with van der Waals surface area (Å²) >= 11 is 0. The fraction of sp³-hybridized carbons (Fsp3) is 1.00. The molecular formula is C9H20NO+. The molecule has 0 heterocycles. The fourth-order valence-electron chi connectivity index (χ4n) is 1.95. The highest BCUT2D eigenvalue weighted by Gasteiger charge is 2.24. The zero-order valence-electron chi connectivity index (χ0n) is 7.64. The molecule has 0 radical (unpaired) electrons. The van der Waals surface area contributed by atoms with E-state index in [0.717, 1.165) is 13.0 Å². The molecule has 0 bridgehead atoms. The van der Waals surface area contributed by atoms with Crippen LogP contribution in [0.4, 0.5) is 0 Å². The van der Waals surface area contributed by atoms with Crippen molar-refractivity contribution in [3.05, 3.63) is 0 Å². The third-order valence-electron chi connectivity index (χ3n) is 2.54. The molecule has 2 heteroatoms. The molecule has 0 aromatic carbocycles. The second-order valence-electron chi connectivity index (χ2n) is 4.02. The fourth-order valence-corrected chi connectivity index (χ4v) is 1.95. The van der Waals surface area contributed by atoms with Crippen LogP contribution in [0.2, 0.25) is 0 Å². The van der Waals surface area contributed by atoms with Crippen LogP contribution in [0.25, 0.3) is 0 Å². The van der Waals surface area contributed by atoms with E-state index in [2.05, 4.69) is 14.1 Å². The molecule has 66 valence electrons. The summed E-state index contributed by atoms with van der Waals surface area (Å²) < 4.78 is 0. The van der Waals surface area contributed by atoms with Crippen LogP contribution in [0, 0.1) is 5.92 Å².